The van der Waals surface area contributed by atoms with E-state index in [1.165, 1.54) is 25.9 Å². The van der Waals surface area contributed by atoms with Gasteiger partial charge < -0.3 is 10.1 Å². The summed E-state index contributed by atoms with van der Waals surface area (Å²) in [6, 6.07) is 1.32. The largest absolute Gasteiger partial charge is 0.383 e. The molecule has 0 radical (unpaired) electrons. The maximum absolute atomic E-state index is 5.12. The van der Waals surface area contributed by atoms with Gasteiger partial charge in [0.15, 0.2) is 0 Å². The van der Waals surface area contributed by atoms with Crippen molar-refractivity contribution in [2.45, 2.75) is 38.8 Å². The van der Waals surface area contributed by atoms with Crippen molar-refractivity contribution in [1.29, 1.82) is 0 Å². The smallest absolute Gasteiger partial charge is 0.0589 e. The average Bonchev–Trinajstić information content (AvgIpc) is 2.64. The molecule has 0 aliphatic carbocycles. The molecule has 1 saturated heterocycles. The third-order valence-corrected chi connectivity index (χ3v) is 2.93. The summed E-state index contributed by atoms with van der Waals surface area (Å²) in [5.41, 5.74) is 0. The maximum atomic E-state index is 5.12. The molecule has 84 valence electrons. The zero-order valence-corrected chi connectivity index (χ0v) is 9.75. The molecule has 3 nitrogen and oxygen atoms in total. The lowest BCUT2D eigenvalue weighted by Crippen LogP contribution is -2.42. The lowest BCUT2D eigenvalue weighted by atomic mass is 10.2. The molecule has 1 heterocycles. The highest BCUT2D eigenvalue weighted by atomic mass is 16.5. The van der Waals surface area contributed by atoms with E-state index in [1.807, 2.05) is 0 Å². The quantitative estimate of drug-likeness (QED) is 0.695. The Morgan fingerprint density at radius 2 is 2.29 bits per heavy atom. The number of nitrogens with zero attached hydrogens (tertiary/aromatic N) is 1. The first-order chi connectivity index (χ1) is 6.74. The molecule has 14 heavy (non-hydrogen) atoms. The molecule has 0 spiro atoms. The molecule has 0 unspecified atom stereocenters. The third-order valence-electron chi connectivity index (χ3n) is 2.93. The highest BCUT2D eigenvalue weighted by molar-refractivity contribution is 4.79. The molecule has 1 atom stereocenters. The standard InChI is InChI=1S/C11H24N2O/c1-10(2)13(7-8-14-3)9-11-5-4-6-12-11/h10-12H,4-9H2,1-3H3/t11-/m0/s1. The Labute approximate surface area is 87.8 Å². The van der Waals surface area contributed by atoms with Gasteiger partial charge in [0.2, 0.25) is 0 Å². The molecule has 1 rings (SSSR count). The molecular weight excluding hydrogens is 176 g/mol. The highest BCUT2D eigenvalue weighted by Gasteiger charge is 2.18. The number of hydrogen-bond donors (Lipinski definition) is 1. The SMILES string of the molecule is COCCN(C[C@@H]1CCCN1)C(C)C. The Hall–Kier alpha value is -0.120. The van der Waals surface area contributed by atoms with Gasteiger partial charge in [-0.2, -0.15) is 0 Å². The van der Waals surface area contributed by atoms with Crippen molar-refractivity contribution in [3.63, 3.8) is 0 Å². The molecule has 1 aliphatic rings. The highest BCUT2D eigenvalue weighted by Crippen LogP contribution is 2.08. The average molecular weight is 200 g/mol. The van der Waals surface area contributed by atoms with E-state index in [2.05, 4.69) is 24.1 Å². The van der Waals surface area contributed by atoms with Crippen LogP contribution in [0.1, 0.15) is 26.7 Å². The van der Waals surface area contributed by atoms with Crippen LogP contribution in [0.25, 0.3) is 0 Å². The summed E-state index contributed by atoms with van der Waals surface area (Å²) in [6.07, 6.45) is 2.66. The Kier molecular flexibility index (Phi) is 5.45. The molecule has 1 aliphatic heterocycles. The van der Waals surface area contributed by atoms with Gasteiger partial charge in [-0.05, 0) is 33.2 Å². The molecule has 0 aromatic rings. The Bertz CT molecular complexity index is 144. The van der Waals surface area contributed by atoms with Crippen molar-refractivity contribution >= 4 is 0 Å². The molecule has 0 amide bonds. The van der Waals surface area contributed by atoms with Crippen LogP contribution in [-0.2, 0) is 4.74 Å². The van der Waals surface area contributed by atoms with E-state index >= 15 is 0 Å². The first-order valence-corrected chi connectivity index (χ1v) is 5.70. The Morgan fingerprint density at radius 3 is 2.79 bits per heavy atom. The third kappa shape index (κ3) is 3.95. The van der Waals surface area contributed by atoms with Crippen molar-refractivity contribution in [3.8, 4) is 0 Å². The number of hydrogen-bond acceptors (Lipinski definition) is 3. The lowest BCUT2D eigenvalue weighted by molar-refractivity contribution is 0.123. The zero-order valence-electron chi connectivity index (χ0n) is 9.75. The number of ether oxygens (including phenoxy) is 1. The van der Waals surface area contributed by atoms with Crippen molar-refractivity contribution in [2.24, 2.45) is 0 Å². The molecule has 0 aromatic carbocycles. The number of nitrogens with one attached hydrogen (secondary N) is 1. The lowest BCUT2D eigenvalue weighted by Gasteiger charge is -2.28. The van der Waals surface area contributed by atoms with Gasteiger partial charge in [0.1, 0.15) is 0 Å². The summed E-state index contributed by atoms with van der Waals surface area (Å²) >= 11 is 0. The van der Waals surface area contributed by atoms with E-state index in [-0.39, 0.29) is 0 Å². The Balaban J connectivity index is 2.26. The van der Waals surface area contributed by atoms with E-state index in [0.717, 1.165) is 13.2 Å². The van der Waals surface area contributed by atoms with Crippen LogP contribution < -0.4 is 5.32 Å². The van der Waals surface area contributed by atoms with Gasteiger partial charge in [-0.15, -0.1) is 0 Å². The van der Waals surface area contributed by atoms with Gasteiger partial charge in [0.25, 0.3) is 0 Å². The molecule has 0 bridgehead atoms. The predicted molar refractivity (Wildman–Crippen MR) is 59.6 cm³/mol. The molecule has 0 aromatic heterocycles. The van der Waals surface area contributed by atoms with Crippen LogP contribution in [0.15, 0.2) is 0 Å². The first kappa shape index (κ1) is 12.0. The Morgan fingerprint density at radius 1 is 1.50 bits per heavy atom. The summed E-state index contributed by atoms with van der Waals surface area (Å²) in [7, 11) is 1.77. The van der Waals surface area contributed by atoms with Crippen LogP contribution in [-0.4, -0.2) is 50.3 Å². The molecule has 3 heteroatoms. The van der Waals surface area contributed by atoms with Crippen LogP contribution in [0.3, 0.4) is 0 Å². The summed E-state index contributed by atoms with van der Waals surface area (Å²) in [6.45, 7) is 8.76. The predicted octanol–water partition coefficient (Wildman–Crippen LogP) is 1.10. The van der Waals surface area contributed by atoms with Crippen molar-refractivity contribution in [1.82, 2.24) is 10.2 Å². The van der Waals surface area contributed by atoms with Crippen LogP contribution >= 0.6 is 0 Å². The van der Waals surface area contributed by atoms with Crippen molar-refractivity contribution in [2.75, 3.05) is 33.4 Å². The monoisotopic (exact) mass is 200 g/mol. The second kappa shape index (κ2) is 6.38. The van der Waals surface area contributed by atoms with Crippen molar-refractivity contribution in [3.05, 3.63) is 0 Å². The van der Waals surface area contributed by atoms with Gasteiger partial charge in [0, 0.05) is 32.3 Å². The first-order valence-electron chi connectivity index (χ1n) is 5.70. The fourth-order valence-electron chi connectivity index (χ4n) is 1.96. The number of methoxy groups -OCH3 is 1. The van der Waals surface area contributed by atoms with Crippen LogP contribution in [0, 0.1) is 0 Å². The van der Waals surface area contributed by atoms with E-state index in [4.69, 9.17) is 4.74 Å². The van der Waals surface area contributed by atoms with E-state index in [9.17, 15) is 0 Å². The summed E-state index contributed by atoms with van der Waals surface area (Å²) in [5.74, 6) is 0. The topological polar surface area (TPSA) is 24.5 Å². The normalized spacial score (nSPS) is 22.5. The minimum Gasteiger partial charge on any atom is -0.383 e. The van der Waals surface area contributed by atoms with Crippen LogP contribution in [0.5, 0.6) is 0 Å². The van der Waals surface area contributed by atoms with E-state index in [0.29, 0.717) is 12.1 Å². The second-order valence-corrected chi connectivity index (χ2v) is 4.37. The minimum absolute atomic E-state index is 0.618. The van der Waals surface area contributed by atoms with Gasteiger partial charge in [-0.1, -0.05) is 0 Å². The van der Waals surface area contributed by atoms with Gasteiger partial charge in [-0.3, -0.25) is 4.90 Å². The molecule has 1 fully saturated rings. The molecular formula is C11H24N2O. The second-order valence-electron chi connectivity index (χ2n) is 4.37. The van der Waals surface area contributed by atoms with Gasteiger partial charge in [-0.25, -0.2) is 0 Å². The molecule has 1 N–H and O–H groups in total. The van der Waals surface area contributed by atoms with Crippen LogP contribution in [0.4, 0.5) is 0 Å². The molecule has 0 saturated carbocycles. The number of rotatable bonds is 6. The summed E-state index contributed by atoms with van der Waals surface area (Å²) < 4.78 is 5.12. The zero-order chi connectivity index (χ0) is 10.4. The van der Waals surface area contributed by atoms with Crippen molar-refractivity contribution < 1.29 is 4.74 Å². The minimum atomic E-state index is 0.618. The fraction of sp³-hybridized carbons (Fsp3) is 1.00. The summed E-state index contributed by atoms with van der Waals surface area (Å²) in [4.78, 5) is 2.49. The summed E-state index contributed by atoms with van der Waals surface area (Å²) in [5, 5.41) is 3.54. The van der Waals surface area contributed by atoms with E-state index in [1.54, 1.807) is 7.11 Å². The van der Waals surface area contributed by atoms with Gasteiger partial charge >= 0.3 is 0 Å². The fourth-order valence-corrected chi connectivity index (χ4v) is 1.96. The van der Waals surface area contributed by atoms with Gasteiger partial charge in [0.05, 0.1) is 6.61 Å². The van der Waals surface area contributed by atoms with E-state index < -0.39 is 0 Å². The van der Waals surface area contributed by atoms with Crippen LogP contribution in [0.2, 0.25) is 0 Å². The maximum Gasteiger partial charge on any atom is 0.0589 e.